The van der Waals surface area contributed by atoms with Crippen LogP contribution in [0.15, 0.2) is 60.7 Å². The summed E-state index contributed by atoms with van der Waals surface area (Å²) in [5, 5.41) is 8.83. The van der Waals surface area contributed by atoms with Crippen LogP contribution in [0.4, 0.5) is 9.18 Å². The summed E-state index contributed by atoms with van der Waals surface area (Å²) in [5.74, 6) is -0.745. The lowest BCUT2D eigenvalue weighted by Gasteiger charge is -2.22. The molecule has 1 fully saturated rings. The van der Waals surface area contributed by atoms with Crippen molar-refractivity contribution in [3.8, 4) is 11.5 Å². The standard InChI is InChI=1S/C32H36BFNO8/c1-21-13-26(43-33-38)9-10-28(21)22(2)18-40-30(36)16-24-14-25(31(29(34)15-24)42-27-11-12-39-20-27)17-35(3)32(37)41-19-23-7-5-4-6-8-23/h4-10,13-15,22,27,38H,11-12,16-20H2,1-3H3/t22-,27-/m0/s1. The Morgan fingerprint density at radius 1 is 1.12 bits per heavy atom. The maximum Gasteiger partial charge on any atom is 0.569 e. The van der Waals surface area contributed by atoms with Gasteiger partial charge in [0.1, 0.15) is 18.5 Å². The van der Waals surface area contributed by atoms with E-state index in [1.165, 1.54) is 11.0 Å². The van der Waals surface area contributed by atoms with Crippen molar-refractivity contribution in [3.63, 3.8) is 0 Å². The van der Waals surface area contributed by atoms with E-state index in [0.29, 0.717) is 44.2 Å². The lowest BCUT2D eigenvalue weighted by Crippen LogP contribution is -2.28. The molecule has 9 nitrogen and oxygen atoms in total. The second-order valence-electron chi connectivity index (χ2n) is 10.6. The second-order valence-corrected chi connectivity index (χ2v) is 10.6. The minimum Gasteiger partial charge on any atom is -0.537 e. The topological polar surface area (TPSA) is 104 Å². The highest BCUT2D eigenvalue weighted by atomic mass is 19.1. The number of aryl methyl sites for hydroxylation is 1. The third-order valence-electron chi connectivity index (χ3n) is 7.08. The zero-order valence-electron chi connectivity index (χ0n) is 24.6. The van der Waals surface area contributed by atoms with Gasteiger partial charge in [0.15, 0.2) is 11.6 Å². The minimum atomic E-state index is -0.635. The number of carbonyl (C=O) groups excluding carboxylic acids is 2. The van der Waals surface area contributed by atoms with Crippen molar-refractivity contribution in [2.75, 3.05) is 26.9 Å². The molecule has 0 saturated carbocycles. The Morgan fingerprint density at radius 3 is 2.60 bits per heavy atom. The Labute approximate surface area is 251 Å². The largest absolute Gasteiger partial charge is 0.569 e. The minimum absolute atomic E-state index is 0.000400. The van der Waals surface area contributed by atoms with Crippen molar-refractivity contribution in [2.24, 2.45) is 0 Å². The number of nitrogens with zero attached hydrogens (tertiary/aromatic N) is 1. The van der Waals surface area contributed by atoms with E-state index in [4.69, 9.17) is 28.6 Å². The molecule has 1 saturated heterocycles. The summed E-state index contributed by atoms with van der Waals surface area (Å²) in [6.45, 7) is 4.92. The number of hydrogen-bond donors (Lipinski definition) is 1. The van der Waals surface area contributed by atoms with E-state index < -0.39 is 17.9 Å². The summed E-state index contributed by atoms with van der Waals surface area (Å²) in [4.78, 5) is 26.8. The highest BCUT2D eigenvalue weighted by Crippen LogP contribution is 2.30. The van der Waals surface area contributed by atoms with Crippen LogP contribution in [-0.2, 0) is 38.6 Å². The second kappa shape index (κ2) is 15.4. The number of benzene rings is 3. The lowest BCUT2D eigenvalue weighted by molar-refractivity contribution is -0.143. The van der Waals surface area contributed by atoms with Crippen LogP contribution in [0, 0.1) is 12.7 Å². The molecule has 43 heavy (non-hydrogen) atoms. The van der Waals surface area contributed by atoms with Crippen LogP contribution >= 0.6 is 0 Å². The van der Waals surface area contributed by atoms with E-state index in [9.17, 15) is 9.59 Å². The predicted molar refractivity (Wildman–Crippen MR) is 157 cm³/mol. The Hall–Kier alpha value is -4.09. The van der Waals surface area contributed by atoms with Crippen LogP contribution in [0.1, 0.15) is 47.1 Å². The molecule has 2 atom stereocenters. The normalized spacial score (nSPS) is 15.0. The van der Waals surface area contributed by atoms with Crippen LogP contribution in [-0.4, -0.2) is 62.6 Å². The fourth-order valence-corrected chi connectivity index (χ4v) is 4.85. The molecular formula is C32H36BFNO8. The summed E-state index contributed by atoms with van der Waals surface area (Å²) >= 11 is 0. The molecule has 227 valence electrons. The van der Waals surface area contributed by atoms with Crippen molar-refractivity contribution < 1.29 is 42.6 Å². The van der Waals surface area contributed by atoms with Crippen LogP contribution in [0.3, 0.4) is 0 Å². The third-order valence-corrected chi connectivity index (χ3v) is 7.08. The van der Waals surface area contributed by atoms with Crippen LogP contribution in [0.25, 0.3) is 0 Å². The molecule has 3 aromatic carbocycles. The van der Waals surface area contributed by atoms with Crippen molar-refractivity contribution in [1.82, 2.24) is 4.90 Å². The first-order valence-electron chi connectivity index (χ1n) is 14.1. The molecule has 4 rings (SSSR count). The number of esters is 1. The smallest absolute Gasteiger partial charge is 0.537 e. The van der Waals surface area contributed by atoms with Crippen molar-refractivity contribution >= 4 is 19.7 Å². The maximum atomic E-state index is 15.4. The zero-order chi connectivity index (χ0) is 30.8. The quantitative estimate of drug-likeness (QED) is 0.222. The zero-order valence-corrected chi connectivity index (χ0v) is 24.6. The van der Waals surface area contributed by atoms with Gasteiger partial charge in [0, 0.05) is 24.9 Å². The van der Waals surface area contributed by atoms with Crippen molar-refractivity contribution in [3.05, 3.63) is 94.3 Å². The van der Waals surface area contributed by atoms with Crippen molar-refractivity contribution in [2.45, 2.75) is 51.9 Å². The Kier molecular flexibility index (Phi) is 11.4. The first-order valence-corrected chi connectivity index (χ1v) is 14.1. The Balaban J connectivity index is 1.42. The van der Waals surface area contributed by atoms with E-state index in [0.717, 1.165) is 16.7 Å². The molecule has 0 aliphatic carbocycles. The summed E-state index contributed by atoms with van der Waals surface area (Å²) < 4.78 is 42.7. The van der Waals surface area contributed by atoms with E-state index in [1.54, 1.807) is 25.2 Å². The predicted octanol–water partition coefficient (Wildman–Crippen LogP) is 4.87. The molecule has 1 amide bonds. The van der Waals surface area contributed by atoms with Crippen molar-refractivity contribution in [1.29, 1.82) is 0 Å². The first kappa shape index (κ1) is 31.8. The summed E-state index contributed by atoms with van der Waals surface area (Å²) in [5.41, 5.74) is 3.52. The van der Waals surface area contributed by atoms with Crippen LogP contribution in [0.2, 0.25) is 0 Å². The van der Waals surface area contributed by atoms with Gasteiger partial charge in [-0.3, -0.25) is 4.79 Å². The number of hydrogen-bond acceptors (Lipinski definition) is 8. The number of amides is 1. The molecule has 3 aromatic rings. The van der Waals surface area contributed by atoms with Gasteiger partial charge in [-0.05, 0) is 53.4 Å². The molecule has 0 unspecified atom stereocenters. The van der Waals surface area contributed by atoms with Gasteiger partial charge in [-0.25, -0.2) is 9.18 Å². The van der Waals surface area contributed by atoms with E-state index >= 15 is 4.39 Å². The summed E-state index contributed by atoms with van der Waals surface area (Å²) in [7, 11) is 2.17. The van der Waals surface area contributed by atoms with Gasteiger partial charge in [0.05, 0.1) is 32.8 Å². The fraction of sp³-hybridized carbons (Fsp3) is 0.375. The molecular weight excluding hydrogens is 556 g/mol. The average Bonchev–Trinajstić information content (AvgIpc) is 3.50. The molecule has 1 N–H and O–H groups in total. The van der Waals surface area contributed by atoms with E-state index in [-0.39, 0.29) is 44.0 Å². The number of rotatable bonds is 13. The number of carbonyl (C=O) groups is 2. The Morgan fingerprint density at radius 2 is 1.91 bits per heavy atom. The summed E-state index contributed by atoms with van der Waals surface area (Å²) in [6.07, 6.45) is -0.437. The van der Waals surface area contributed by atoms with Crippen LogP contribution in [0.5, 0.6) is 11.5 Å². The first-order chi connectivity index (χ1) is 20.7. The molecule has 0 spiro atoms. The van der Waals surface area contributed by atoms with Gasteiger partial charge in [0.2, 0.25) is 0 Å². The monoisotopic (exact) mass is 592 g/mol. The highest BCUT2D eigenvalue weighted by Gasteiger charge is 2.24. The summed E-state index contributed by atoms with van der Waals surface area (Å²) in [6, 6.07) is 17.6. The van der Waals surface area contributed by atoms with Gasteiger partial charge in [-0.15, -0.1) is 0 Å². The lowest BCUT2D eigenvalue weighted by atomic mass is 9.97. The third kappa shape index (κ3) is 9.20. The average molecular weight is 592 g/mol. The number of halogens is 1. The molecule has 1 aliphatic rings. The van der Waals surface area contributed by atoms with Gasteiger partial charge >= 0.3 is 19.7 Å². The Bertz CT molecular complexity index is 1380. The van der Waals surface area contributed by atoms with Gasteiger partial charge in [0.25, 0.3) is 0 Å². The fourth-order valence-electron chi connectivity index (χ4n) is 4.85. The highest BCUT2D eigenvalue weighted by molar-refractivity contribution is 6.17. The SMILES string of the molecule is Cc1cc(O[B]O)ccc1[C@@H](C)COC(=O)Cc1cc(F)c(O[C@H]2CCOC2)c(CN(C)C(=O)OCc2ccccc2)c1. The molecule has 11 heteroatoms. The number of ether oxygens (including phenoxy) is 4. The molecule has 1 aliphatic heterocycles. The molecule has 1 radical (unpaired) electrons. The maximum absolute atomic E-state index is 15.4. The molecule has 0 aromatic heterocycles. The van der Waals surface area contributed by atoms with Gasteiger partial charge < -0.3 is 33.5 Å². The van der Waals surface area contributed by atoms with Gasteiger partial charge in [-0.1, -0.05) is 43.3 Å². The van der Waals surface area contributed by atoms with Gasteiger partial charge in [-0.2, -0.15) is 0 Å². The molecule has 1 heterocycles. The molecule has 0 bridgehead atoms. The van der Waals surface area contributed by atoms with Crippen LogP contribution < -0.4 is 9.39 Å². The van der Waals surface area contributed by atoms with E-state index in [1.807, 2.05) is 50.2 Å². The van der Waals surface area contributed by atoms with E-state index in [2.05, 4.69) is 0 Å².